The van der Waals surface area contributed by atoms with E-state index in [1.54, 1.807) is 0 Å². The summed E-state index contributed by atoms with van der Waals surface area (Å²) in [5.41, 5.74) is -0.715. The normalized spacial score (nSPS) is 16.0. The number of carboxylic acid groups (broad SMARTS) is 1. The molecule has 31 heavy (non-hydrogen) atoms. The molecule has 0 radical (unpaired) electrons. The molecule has 160 valence electrons. The number of rotatable bonds is 5. The van der Waals surface area contributed by atoms with E-state index in [2.05, 4.69) is 14.9 Å². The molecule has 0 saturated carbocycles. The summed E-state index contributed by atoms with van der Waals surface area (Å²) in [6.07, 6.45) is -6.31. The molecule has 2 aromatic rings. The number of anilines is 1. The third kappa shape index (κ3) is 4.99. The van der Waals surface area contributed by atoms with Crippen LogP contribution in [-0.4, -0.2) is 36.2 Å². The van der Waals surface area contributed by atoms with Crippen molar-refractivity contribution in [3.8, 4) is 16.9 Å². The van der Waals surface area contributed by atoms with Crippen LogP contribution in [0.5, 0.6) is 5.75 Å². The van der Waals surface area contributed by atoms with Crippen LogP contribution in [0.15, 0.2) is 53.6 Å². The lowest BCUT2D eigenvalue weighted by molar-refractivity contribution is -0.274. The summed E-state index contributed by atoms with van der Waals surface area (Å²) in [5.74, 6) is -3.86. The van der Waals surface area contributed by atoms with E-state index in [0.717, 1.165) is 24.3 Å². The van der Waals surface area contributed by atoms with Crippen molar-refractivity contribution in [2.75, 3.05) is 11.9 Å². The standard InChI is InChI=1S/C20H12F4N2O5/c1-25-18-16(13(9-30-18)19(28)29)17(27)26-15-6-5-11(8-14(15)21)10-3-2-4-12(7-10)31-20(22,23)24/h2-8,18H,9H2,(H,26,27)(H,28,29). The minimum absolute atomic E-state index is 0.205. The number of halogens is 4. The van der Waals surface area contributed by atoms with Crippen LogP contribution < -0.4 is 10.1 Å². The average molecular weight is 436 g/mol. The first-order chi connectivity index (χ1) is 14.6. The first kappa shape index (κ1) is 21.8. The summed E-state index contributed by atoms with van der Waals surface area (Å²) < 4.78 is 60.5. The maximum atomic E-state index is 14.5. The van der Waals surface area contributed by atoms with Gasteiger partial charge >= 0.3 is 18.6 Å². The molecule has 0 spiro atoms. The number of alkyl halides is 3. The first-order valence-electron chi connectivity index (χ1n) is 8.50. The Bertz CT molecular complexity index is 1120. The van der Waals surface area contributed by atoms with E-state index in [9.17, 15) is 27.2 Å². The molecule has 1 atom stereocenters. The van der Waals surface area contributed by atoms with Gasteiger partial charge in [0.25, 0.3) is 5.91 Å². The van der Waals surface area contributed by atoms with Crippen molar-refractivity contribution in [1.29, 1.82) is 0 Å². The maximum Gasteiger partial charge on any atom is 0.573 e. The summed E-state index contributed by atoms with van der Waals surface area (Å²) in [6, 6.07) is 8.38. The van der Waals surface area contributed by atoms with Crippen molar-refractivity contribution < 1.29 is 41.7 Å². The zero-order valence-corrected chi connectivity index (χ0v) is 15.4. The lowest BCUT2D eigenvalue weighted by Crippen LogP contribution is -2.22. The smallest absolute Gasteiger partial charge is 0.478 e. The Morgan fingerprint density at radius 1 is 1.19 bits per heavy atom. The quantitative estimate of drug-likeness (QED) is 0.547. The van der Waals surface area contributed by atoms with E-state index in [4.69, 9.17) is 16.4 Å². The summed E-state index contributed by atoms with van der Waals surface area (Å²) in [7, 11) is 0. The Morgan fingerprint density at radius 2 is 1.90 bits per heavy atom. The molecule has 0 aliphatic carbocycles. The molecule has 2 N–H and O–H groups in total. The lowest BCUT2D eigenvalue weighted by atomic mass is 10.0. The van der Waals surface area contributed by atoms with Crippen molar-refractivity contribution in [2.45, 2.75) is 12.6 Å². The predicted octanol–water partition coefficient (Wildman–Crippen LogP) is 3.99. The summed E-state index contributed by atoms with van der Waals surface area (Å²) >= 11 is 0. The summed E-state index contributed by atoms with van der Waals surface area (Å²) in [6.45, 7) is 6.57. The molecule has 0 bridgehead atoms. The van der Waals surface area contributed by atoms with Crippen LogP contribution >= 0.6 is 0 Å². The number of hydrogen-bond donors (Lipinski definition) is 2. The maximum absolute atomic E-state index is 14.5. The Balaban J connectivity index is 1.84. The van der Waals surface area contributed by atoms with Crippen LogP contribution in [0.4, 0.5) is 23.2 Å². The van der Waals surface area contributed by atoms with E-state index in [1.807, 2.05) is 0 Å². The van der Waals surface area contributed by atoms with Gasteiger partial charge in [-0.05, 0) is 35.4 Å². The molecule has 1 aliphatic rings. The number of carboxylic acids is 1. The van der Waals surface area contributed by atoms with Crippen LogP contribution in [0.3, 0.4) is 0 Å². The number of benzene rings is 2. The number of nitrogens with zero attached hydrogens (tertiary/aromatic N) is 1. The summed E-state index contributed by atoms with van der Waals surface area (Å²) in [4.78, 5) is 26.7. The molecule has 0 saturated heterocycles. The van der Waals surface area contributed by atoms with Crippen molar-refractivity contribution in [3.63, 3.8) is 0 Å². The van der Waals surface area contributed by atoms with Crippen LogP contribution in [0, 0.1) is 12.4 Å². The van der Waals surface area contributed by atoms with E-state index in [1.165, 1.54) is 18.2 Å². The van der Waals surface area contributed by atoms with Gasteiger partial charge in [-0.3, -0.25) is 9.64 Å². The second kappa shape index (κ2) is 8.45. The Hall–Kier alpha value is -3.91. The Morgan fingerprint density at radius 3 is 2.52 bits per heavy atom. The molecular weight excluding hydrogens is 424 g/mol. The van der Waals surface area contributed by atoms with Gasteiger partial charge in [0.1, 0.15) is 17.1 Å². The molecule has 0 aromatic heterocycles. The molecule has 7 nitrogen and oxygen atoms in total. The van der Waals surface area contributed by atoms with Crippen LogP contribution in [-0.2, 0) is 14.3 Å². The number of carbonyl (C=O) groups is 2. The van der Waals surface area contributed by atoms with Crippen molar-refractivity contribution in [3.05, 3.63) is 70.8 Å². The Kier molecular flexibility index (Phi) is 5.94. The first-order valence-corrected chi connectivity index (χ1v) is 8.50. The second-order valence-electron chi connectivity index (χ2n) is 6.21. The molecule has 1 aliphatic heterocycles. The highest BCUT2D eigenvalue weighted by molar-refractivity contribution is 6.10. The topological polar surface area (TPSA) is 89.2 Å². The minimum atomic E-state index is -4.88. The van der Waals surface area contributed by atoms with Crippen molar-refractivity contribution in [2.24, 2.45) is 0 Å². The molecule has 11 heteroatoms. The SMILES string of the molecule is [C-]#[N+]C1OCC(C(=O)O)=C1C(=O)Nc1ccc(-c2cccc(OC(F)(F)F)c2)cc1F. The molecule has 1 heterocycles. The molecule has 1 unspecified atom stereocenters. The van der Waals surface area contributed by atoms with Gasteiger partial charge in [0.2, 0.25) is 0 Å². The second-order valence-corrected chi connectivity index (χ2v) is 6.21. The zero-order chi connectivity index (χ0) is 22.8. The highest BCUT2D eigenvalue weighted by Crippen LogP contribution is 2.30. The number of carbonyl (C=O) groups excluding carboxylic acids is 1. The van der Waals surface area contributed by atoms with Gasteiger partial charge in [-0.25, -0.2) is 15.8 Å². The van der Waals surface area contributed by atoms with E-state index in [0.29, 0.717) is 0 Å². The molecule has 3 rings (SSSR count). The minimum Gasteiger partial charge on any atom is -0.478 e. The van der Waals surface area contributed by atoms with Gasteiger partial charge in [0.15, 0.2) is 0 Å². The van der Waals surface area contributed by atoms with Crippen LogP contribution in [0.25, 0.3) is 16.0 Å². The number of ether oxygens (including phenoxy) is 2. The van der Waals surface area contributed by atoms with Crippen molar-refractivity contribution in [1.82, 2.24) is 0 Å². The third-order valence-corrected chi connectivity index (χ3v) is 4.20. The molecule has 1 amide bonds. The fraction of sp³-hybridized carbons (Fsp3) is 0.150. The van der Waals surface area contributed by atoms with Gasteiger partial charge in [-0.1, -0.05) is 18.2 Å². The van der Waals surface area contributed by atoms with Gasteiger partial charge in [-0.15, -0.1) is 13.2 Å². The fourth-order valence-electron chi connectivity index (χ4n) is 2.86. The number of aliphatic carboxylic acids is 1. The molecule has 0 fully saturated rings. The number of hydrogen-bond acceptors (Lipinski definition) is 4. The highest BCUT2D eigenvalue weighted by atomic mass is 19.4. The lowest BCUT2D eigenvalue weighted by Gasteiger charge is -2.11. The van der Waals surface area contributed by atoms with E-state index >= 15 is 0 Å². The number of amides is 1. The molecule has 2 aromatic carbocycles. The van der Waals surface area contributed by atoms with E-state index < -0.39 is 53.8 Å². The molecular formula is C20H12F4N2O5. The third-order valence-electron chi connectivity index (χ3n) is 4.20. The Labute approximate surface area is 172 Å². The van der Waals surface area contributed by atoms with Gasteiger partial charge in [0, 0.05) is 0 Å². The largest absolute Gasteiger partial charge is 0.573 e. The average Bonchev–Trinajstić information content (AvgIpc) is 3.13. The van der Waals surface area contributed by atoms with Gasteiger partial charge in [0.05, 0.1) is 17.9 Å². The highest BCUT2D eigenvalue weighted by Gasteiger charge is 2.39. The predicted molar refractivity (Wildman–Crippen MR) is 98.2 cm³/mol. The van der Waals surface area contributed by atoms with E-state index in [-0.39, 0.29) is 16.8 Å². The fourth-order valence-corrected chi connectivity index (χ4v) is 2.86. The van der Waals surface area contributed by atoms with Gasteiger partial charge < -0.3 is 19.9 Å². The summed E-state index contributed by atoms with van der Waals surface area (Å²) in [5, 5.41) is 11.3. The van der Waals surface area contributed by atoms with Crippen LogP contribution in [0.1, 0.15) is 0 Å². The monoisotopic (exact) mass is 436 g/mol. The van der Waals surface area contributed by atoms with Crippen molar-refractivity contribution >= 4 is 17.6 Å². The zero-order valence-electron chi connectivity index (χ0n) is 15.4. The number of nitrogens with one attached hydrogen (secondary N) is 1. The van der Waals surface area contributed by atoms with Crippen LogP contribution in [0.2, 0.25) is 0 Å². The van der Waals surface area contributed by atoms with Gasteiger partial charge in [-0.2, -0.15) is 0 Å².